The highest BCUT2D eigenvalue weighted by molar-refractivity contribution is 5.56. The van der Waals surface area contributed by atoms with E-state index in [1.165, 1.54) is 0 Å². The van der Waals surface area contributed by atoms with E-state index >= 15 is 0 Å². The number of hydrogen-bond donors (Lipinski definition) is 1. The first-order valence-electron chi connectivity index (χ1n) is 9.86. The second-order valence-corrected chi connectivity index (χ2v) is 8.08. The first-order chi connectivity index (χ1) is 14.4. The molecule has 5 heteroatoms. The van der Waals surface area contributed by atoms with Gasteiger partial charge in [0.15, 0.2) is 5.75 Å². The predicted octanol–water partition coefficient (Wildman–Crippen LogP) is 6.34. The van der Waals surface area contributed by atoms with Gasteiger partial charge >= 0.3 is 0 Å². The van der Waals surface area contributed by atoms with E-state index in [-0.39, 0.29) is 5.41 Å². The van der Waals surface area contributed by atoms with Crippen LogP contribution in [0.25, 0.3) is 5.69 Å². The monoisotopic (exact) mass is 399 g/mol. The van der Waals surface area contributed by atoms with Crippen molar-refractivity contribution in [2.24, 2.45) is 0 Å². The Balaban J connectivity index is 1.78. The molecule has 4 rings (SSSR count). The average molecular weight is 399 g/mol. The van der Waals surface area contributed by atoms with Crippen molar-refractivity contribution in [3.63, 3.8) is 0 Å². The Bertz CT molecular complexity index is 1130. The van der Waals surface area contributed by atoms with E-state index in [9.17, 15) is 0 Å². The zero-order valence-corrected chi connectivity index (χ0v) is 17.4. The predicted molar refractivity (Wildman–Crippen MR) is 120 cm³/mol. The molecule has 4 aromatic rings. The highest BCUT2D eigenvalue weighted by Gasteiger charge is 2.21. The van der Waals surface area contributed by atoms with Gasteiger partial charge in [-0.15, -0.1) is 0 Å². The van der Waals surface area contributed by atoms with Gasteiger partial charge in [0.05, 0.1) is 5.69 Å². The number of benzene rings is 3. The van der Waals surface area contributed by atoms with Gasteiger partial charge in [-0.05, 0) is 36.4 Å². The average Bonchev–Trinajstić information content (AvgIpc) is 3.13. The maximum Gasteiger partial charge on any atom is 0.153 e. The number of aromatic nitrogens is 2. The lowest BCUT2D eigenvalue weighted by atomic mass is 9.92. The smallest absolute Gasteiger partial charge is 0.153 e. The molecule has 5 nitrogen and oxygen atoms in total. The molecule has 0 aliphatic heterocycles. The van der Waals surface area contributed by atoms with Crippen LogP contribution < -0.4 is 15.2 Å². The van der Waals surface area contributed by atoms with Gasteiger partial charge in [-0.1, -0.05) is 57.2 Å². The minimum absolute atomic E-state index is 0.127. The quantitative estimate of drug-likeness (QED) is 0.425. The van der Waals surface area contributed by atoms with Crippen molar-refractivity contribution >= 4 is 5.82 Å². The van der Waals surface area contributed by atoms with Gasteiger partial charge in [0.2, 0.25) is 0 Å². The maximum atomic E-state index is 6.34. The second-order valence-electron chi connectivity index (χ2n) is 8.08. The fourth-order valence-electron chi connectivity index (χ4n) is 3.01. The molecule has 1 aromatic heterocycles. The fraction of sp³-hybridized carbons (Fsp3) is 0.160. The summed E-state index contributed by atoms with van der Waals surface area (Å²) in [5.74, 6) is 3.33. The molecule has 2 N–H and O–H groups in total. The minimum atomic E-state index is -0.127. The Hall–Kier alpha value is -3.73. The molecule has 0 amide bonds. The SMILES string of the molecule is CC(C)(C)c1cc(N)n(-c2cc(Oc3ccccc3)ccc2Oc2ccccc2)n1. The van der Waals surface area contributed by atoms with Crippen molar-refractivity contribution < 1.29 is 9.47 Å². The number of hydrogen-bond acceptors (Lipinski definition) is 4. The topological polar surface area (TPSA) is 62.3 Å². The molecule has 0 spiro atoms. The van der Waals surface area contributed by atoms with Crippen LogP contribution in [0.5, 0.6) is 23.0 Å². The number of nitrogens with two attached hydrogens (primary N) is 1. The van der Waals surface area contributed by atoms with Gasteiger partial charge in [0.25, 0.3) is 0 Å². The number of nitrogens with zero attached hydrogens (tertiary/aromatic N) is 2. The van der Waals surface area contributed by atoms with Crippen molar-refractivity contribution in [3.05, 3.63) is 90.6 Å². The molecule has 0 bridgehead atoms. The molecule has 0 atom stereocenters. The van der Waals surface area contributed by atoms with E-state index in [4.69, 9.17) is 20.3 Å². The van der Waals surface area contributed by atoms with Crippen molar-refractivity contribution in [1.82, 2.24) is 9.78 Å². The van der Waals surface area contributed by atoms with Crippen LogP contribution >= 0.6 is 0 Å². The zero-order valence-electron chi connectivity index (χ0n) is 17.4. The summed E-state index contributed by atoms with van der Waals surface area (Å²) in [4.78, 5) is 0. The molecular weight excluding hydrogens is 374 g/mol. The molecule has 3 aromatic carbocycles. The second kappa shape index (κ2) is 7.95. The van der Waals surface area contributed by atoms with Gasteiger partial charge < -0.3 is 15.2 Å². The standard InChI is InChI=1S/C25H25N3O2/c1-25(2,3)23-17-24(26)28(27-23)21-16-20(29-18-10-6-4-7-11-18)14-15-22(21)30-19-12-8-5-9-13-19/h4-17H,26H2,1-3H3. The lowest BCUT2D eigenvalue weighted by Gasteiger charge is -2.16. The Morgan fingerprint density at radius 1 is 0.733 bits per heavy atom. The lowest BCUT2D eigenvalue weighted by molar-refractivity contribution is 0.465. The number of ether oxygens (including phenoxy) is 2. The third-order valence-corrected chi connectivity index (χ3v) is 4.61. The van der Waals surface area contributed by atoms with Crippen molar-refractivity contribution in [1.29, 1.82) is 0 Å². The van der Waals surface area contributed by atoms with E-state index in [1.54, 1.807) is 4.68 Å². The van der Waals surface area contributed by atoms with Crippen molar-refractivity contribution in [2.45, 2.75) is 26.2 Å². The molecule has 0 saturated heterocycles. The Kier molecular flexibility index (Phi) is 5.19. The molecule has 1 heterocycles. The van der Waals surface area contributed by atoms with Crippen LogP contribution in [0.2, 0.25) is 0 Å². The Morgan fingerprint density at radius 2 is 1.33 bits per heavy atom. The number of para-hydroxylation sites is 2. The van der Waals surface area contributed by atoms with Gasteiger partial charge in [0.1, 0.15) is 28.8 Å². The summed E-state index contributed by atoms with van der Waals surface area (Å²) < 4.78 is 13.9. The highest BCUT2D eigenvalue weighted by Crippen LogP contribution is 2.35. The summed E-state index contributed by atoms with van der Waals surface area (Å²) in [5, 5.41) is 4.76. The van der Waals surface area contributed by atoms with Crippen molar-refractivity contribution in [2.75, 3.05) is 5.73 Å². The summed E-state index contributed by atoms with van der Waals surface area (Å²) in [5.41, 5.74) is 7.82. The Labute approximate surface area is 176 Å². The number of nitrogen functional groups attached to an aromatic ring is 1. The molecule has 0 unspecified atom stereocenters. The van der Waals surface area contributed by atoms with E-state index in [0.717, 1.165) is 17.2 Å². The highest BCUT2D eigenvalue weighted by atomic mass is 16.5. The fourth-order valence-corrected chi connectivity index (χ4v) is 3.01. The minimum Gasteiger partial charge on any atom is -0.457 e. The third-order valence-electron chi connectivity index (χ3n) is 4.61. The normalized spacial score (nSPS) is 11.3. The van der Waals surface area contributed by atoms with Crippen molar-refractivity contribution in [3.8, 4) is 28.7 Å². The van der Waals surface area contributed by atoms with E-state index < -0.39 is 0 Å². The molecule has 152 valence electrons. The molecule has 0 aliphatic rings. The molecule has 0 saturated carbocycles. The number of rotatable bonds is 5. The van der Waals surface area contributed by atoms with Gasteiger partial charge in [-0.2, -0.15) is 5.10 Å². The van der Waals surface area contributed by atoms with Gasteiger partial charge in [-0.3, -0.25) is 0 Å². The lowest BCUT2D eigenvalue weighted by Crippen LogP contribution is -2.12. The van der Waals surface area contributed by atoms with E-state index in [2.05, 4.69) is 20.8 Å². The molecule has 0 aliphatic carbocycles. The summed E-state index contributed by atoms with van der Waals surface area (Å²) in [6.45, 7) is 6.32. The number of anilines is 1. The summed E-state index contributed by atoms with van der Waals surface area (Å²) in [7, 11) is 0. The Morgan fingerprint density at radius 3 is 1.90 bits per heavy atom. The zero-order chi connectivity index (χ0) is 21.1. The molecule has 0 fully saturated rings. The first kappa shape index (κ1) is 19.6. The molecule has 30 heavy (non-hydrogen) atoms. The third kappa shape index (κ3) is 4.30. The summed E-state index contributed by atoms with van der Waals surface area (Å²) in [6.07, 6.45) is 0. The van der Waals surface area contributed by atoms with Crippen LogP contribution in [0.4, 0.5) is 5.82 Å². The van der Waals surface area contributed by atoms with Crippen LogP contribution in [-0.4, -0.2) is 9.78 Å². The van der Waals surface area contributed by atoms with Crippen LogP contribution in [-0.2, 0) is 5.41 Å². The van der Waals surface area contributed by atoms with Gasteiger partial charge in [0, 0.05) is 17.5 Å². The largest absolute Gasteiger partial charge is 0.457 e. The van der Waals surface area contributed by atoms with E-state index in [1.807, 2.05) is 84.9 Å². The van der Waals surface area contributed by atoms with Crippen LogP contribution in [0, 0.1) is 0 Å². The molecule has 0 radical (unpaired) electrons. The summed E-state index contributed by atoms with van der Waals surface area (Å²) in [6, 6.07) is 26.8. The maximum absolute atomic E-state index is 6.34. The van der Waals surface area contributed by atoms with Crippen LogP contribution in [0.3, 0.4) is 0 Å². The first-order valence-corrected chi connectivity index (χ1v) is 9.86. The van der Waals surface area contributed by atoms with Crippen LogP contribution in [0.1, 0.15) is 26.5 Å². The van der Waals surface area contributed by atoms with Gasteiger partial charge in [-0.25, -0.2) is 4.68 Å². The summed E-state index contributed by atoms with van der Waals surface area (Å²) >= 11 is 0. The van der Waals surface area contributed by atoms with E-state index in [0.29, 0.717) is 23.0 Å². The molecular formula is C25H25N3O2. The van der Waals surface area contributed by atoms with Crippen LogP contribution in [0.15, 0.2) is 84.9 Å².